The van der Waals surface area contributed by atoms with Gasteiger partial charge in [-0.3, -0.25) is 10.1 Å². The molecule has 2 aromatic rings. The fourth-order valence-corrected chi connectivity index (χ4v) is 4.09. The Morgan fingerprint density at radius 2 is 1.74 bits per heavy atom. The quantitative estimate of drug-likeness (QED) is 0.164. The van der Waals surface area contributed by atoms with E-state index in [0.717, 1.165) is 12.1 Å². The summed E-state index contributed by atoms with van der Waals surface area (Å²) >= 11 is 0. The van der Waals surface area contributed by atoms with Gasteiger partial charge in [0.05, 0.1) is 10.5 Å². The molecule has 170 valence electrons. The minimum absolute atomic E-state index is 0.0226. The topological polar surface area (TPSA) is 78.4 Å². The van der Waals surface area contributed by atoms with Crippen molar-refractivity contribution < 1.29 is 22.5 Å². The van der Waals surface area contributed by atoms with Crippen molar-refractivity contribution in [2.45, 2.75) is 57.9 Å². The number of hydrogen-bond acceptors (Lipinski definition) is 4. The summed E-state index contributed by atoms with van der Waals surface area (Å²) in [6.45, 7) is 11.1. The second-order valence-electron chi connectivity index (χ2n) is 9.08. The van der Waals surface area contributed by atoms with Crippen LogP contribution in [0.5, 0.6) is 0 Å². The third-order valence-electron chi connectivity index (χ3n) is 5.84. The Labute approximate surface area is 181 Å². The molecule has 0 aromatic heterocycles. The van der Waals surface area contributed by atoms with E-state index in [4.69, 9.17) is 10.2 Å². The lowest BCUT2D eigenvalue weighted by atomic mass is 9.95. The highest BCUT2D eigenvalue weighted by molar-refractivity contribution is 6.74. The molecule has 0 saturated heterocycles. The number of anilines is 1. The van der Waals surface area contributed by atoms with E-state index in [-0.39, 0.29) is 21.9 Å². The molecule has 0 unspecified atom stereocenters. The zero-order valence-corrected chi connectivity index (χ0v) is 19.5. The highest BCUT2D eigenvalue weighted by atomic mass is 28.4. The number of halogens is 3. The van der Waals surface area contributed by atoms with Gasteiger partial charge in [0.25, 0.3) is 5.69 Å². The average molecular weight is 455 g/mol. The molecule has 0 aliphatic rings. The molecular formula is C22H29F3N2O3Si. The first kappa shape index (κ1) is 24.9. The monoisotopic (exact) mass is 454 g/mol. The van der Waals surface area contributed by atoms with Crippen molar-refractivity contribution in [1.29, 1.82) is 0 Å². The molecule has 0 bridgehead atoms. The number of alkyl halides is 3. The normalized spacial score (nSPS) is 12.8. The first-order chi connectivity index (χ1) is 14.1. The van der Waals surface area contributed by atoms with Crippen LogP contribution in [-0.2, 0) is 17.0 Å². The van der Waals surface area contributed by atoms with Gasteiger partial charge in [0, 0.05) is 12.7 Å². The predicted molar refractivity (Wildman–Crippen MR) is 119 cm³/mol. The minimum atomic E-state index is -4.58. The van der Waals surface area contributed by atoms with Crippen molar-refractivity contribution in [3.63, 3.8) is 0 Å². The molecule has 0 heterocycles. The number of nitro groups is 1. The number of benzene rings is 2. The van der Waals surface area contributed by atoms with Gasteiger partial charge in [0.15, 0.2) is 8.32 Å². The third kappa shape index (κ3) is 5.85. The Morgan fingerprint density at radius 1 is 1.13 bits per heavy atom. The second-order valence-corrected chi connectivity index (χ2v) is 13.9. The second kappa shape index (κ2) is 9.00. The number of nitrogen functional groups attached to an aromatic ring is 1. The van der Waals surface area contributed by atoms with Gasteiger partial charge >= 0.3 is 6.18 Å². The Morgan fingerprint density at radius 3 is 2.29 bits per heavy atom. The highest BCUT2D eigenvalue weighted by Crippen LogP contribution is 2.40. The minimum Gasteiger partial charge on any atom is -0.417 e. The van der Waals surface area contributed by atoms with Gasteiger partial charge in [0.2, 0.25) is 0 Å². The van der Waals surface area contributed by atoms with Crippen molar-refractivity contribution in [3.8, 4) is 11.1 Å². The molecular weight excluding hydrogens is 425 g/mol. The van der Waals surface area contributed by atoms with Gasteiger partial charge in [0.1, 0.15) is 5.69 Å². The average Bonchev–Trinajstić information content (AvgIpc) is 2.64. The molecule has 2 N–H and O–H groups in total. The number of nitrogens with zero attached hydrogens (tertiary/aromatic N) is 1. The summed E-state index contributed by atoms with van der Waals surface area (Å²) in [5, 5.41) is 11.5. The maximum Gasteiger partial charge on any atom is 0.417 e. The molecule has 2 rings (SSSR count). The van der Waals surface area contributed by atoms with E-state index >= 15 is 0 Å². The van der Waals surface area contributed by atoms with Crippen molar-refractivity contribution in [2.24, 2.45) is 0 Å². The van der Waals surface area contributed by atoms with Crippen LogP contribution in [-0.4, -0.2) is 19.8 Å². The molecule has 0 spiro atoms. The van der Waals surface area contributed by atoms with Gasteiger partial charge in [-0.15, -0.1) is 0 Å². The Bertz CT molecular complexity index is 954. The molecule has 2 aromatic carbocycles. The van der Waals surface area contributed by atoms with Gasteiger partial charge < -0.3 is 10.2 Å². The lowest BCUT2D eigenvalue weighted by Gasteiger charge is -2.36. The van der Waals surface area contributed by atoms with E-state index in [2.05, 4.69) is 33.9 Å². The standard InChI is InChI=1S/C22H29F3N2O3Si/c1-21(2,3)31(4,5)30-12-8-9-15-13-16(14-19(20(15)26)27(28)29)17-10-6-7-11-18(17)22(23,24)25/h6-7,10-11,13-14H,8-9,12,26H2,1-5H3. The number of aryl methyl sites for hydroxylation is 1. The Kier molecular flexibility index (Phi) is 7.22. The molecule has 0 saturated carbocycles. The van der Waals surface area contributed by atoms with Crippen LogP contribution in [0.25, 0.3) is 11.1 Å². The summed E-state index contributed by atoms with van der Waals surface area (Å²) in [7, 11) is -1.94. The smallest absolute Gasteiger partial charge is 0.417 e. The summed E-state index contributed by atoms with van der Waals surface area (Å²) in [5.74, 6) is 0. The zero-order chi connectivity index (χ0) is 23.6. The van der Waals surface area contributed by atoms with E-state index in [9.17, 15) is 23.3 Å². The first-order valence-corrected chi connectivity index (χ1v) is 12.9. The molecule has 0 aliphatic carbocycles. The maximum absolute atomic E-state index is 13.5. The fourth-order valence-electron chi connectivity index (χ4n) is 3.00. The van der Waals surface area contributed by atoms with E-state index < -0.39 is 30.7 Å². The number of nitrogens with two attached hydrogens (primary N) is 1. The van der Waals surface area contributed by atoms with Crippen molar-refractivity contribution in [2.75, 3.05) is 12.3 Å². The van der Waals surface area contributed by atoms with Crippen LogP contribution in [0.2, 0.25) is 18.1 Å². The Hall–Kier alpha value is -2.39. The molecule has 5 nitrogen and oxygen atoms in total. The van der Waals surface area contributed by atoms with Crippen LogP contribution >= 0.6 is 0 Å². The lowest BCUT2D eigenvalue weighted by Crippen LogP contribution is -2.41. The van der Waals surface area contributed by atoms with Crippen molar-refractivity contribution in [1.82, 2.24) is 0 Å². The third-order valence-corrected chi connectivity index (χ3v) is 10.4. The SMILES string of the molecule is CC(C)(C)[Si](C)(C)OCCCc1cc(-c2ccccc2C(F)(F)F)cc([N+](=O)[O-])c1N. The molecule has 0 fully saturated rings. The molecule has 0 atom stereocenters. The van der Waals surface area contributed by atoms with Crippen LogP contribution in [0.4, 0.5) is 24.5 Å². The summed E-state index contributed by atoms with van der Waals surface area (Å²) in [6, 6.07) is 7.65. The van der Waals surface area contributed by atoms with Crippen LogP contribution < -0.4 is 5.73 Å². The highest BCUT2D eigenvalue weighted by Gasteiger charge is 2.37. The molecule has 0 radical (unpaired) electrons. The Balaban J connectivity index is 2.36. The molecule has 0 aliphatic heterocycles. The van der Waals surface area contributed by atoms with E-state index in [0.29, 0.717) is 25.0 Å². The number of rotatable bonds is 7. The maximum atomic E-state index is 13.5. The molecule has 0 amide bonds. The number of hydrogen-bond donors (Lipinski definition) is 1. The summed E-state index contributed by atoms with van der Waals surface area (Å²) in [5.41, 5.74) is 5.18. The fraction of sp³-hybridized carbons (Fsp3) is 0.455. The lowest BCUT2D eigenvalue weighted by molar-refractivity contribution is -0.383. The predicted octanol–water partition coefficient (Wildman–Crippen LogP) is 6.82. The zero-order valence-electron chi connectivity index (χ0n) is 18.5. The van der Waals surface area contributed by atoms with Crippen molar-refractivity contribution >= 4 is 19.7 Å². The first-order valence-electron chi connectivity index (χ1n) is 10.0. The summed E-state index contributed by atoms with van der Waals surface area (Å²) in [4.78, 5) is 10.8. The van der Waals surface area contributed by atoms with Crippen LogP contribution in [0.3, 0.4) is 0 Å². The van der Waals surface area contributed by atoms with E-state index in [1.165, 1.54) is 24.3 Å². The summed E-state index contributed by atoms with van der Waals surface area (Å²) < 4.78 is 46.5. The van der Waals surface area contributed by atoms with Gasteiger partial charge in [-0.1, -0.05) is 39.0 Å². The van der Waals surface area contributed by atoms with Crippen molar-refractivity contribution in [3.05, 3.63) is 57.6 Å². The van der Waals surface area contributed by atoms with Crippen LogP contribution in [0, 0.1) is 10.1 Å². The van der Waals surface area contributed by atoms with Crippen LogP contribution in [0.1, 0.15) is 38.3 Å². The van der Waals surface area contributed by atoms with Gasteiger partial charge in [-0.2, -0.15) is 13.2 Å². The number of nitro benzene ring substituents is 1. The van der Waals surface area contributed by atoms with Gasteiger partial charge in [-0.25, -0.2) is 0 Å². The largest absolute Gasteiger partial charge is 0.417 e. The van der Waals surface area contributed by atoms with Gasteiger partial charge in [-0.05, 0) is 59.8 Å². The molecule has 31 heavy (non-hydrogen) atoms. The summed E-state index contributed by atoms with van der Waals surface area (Å²) in [6.07, 6.45) is -3.66. The molecule has 9 heteroatoms. The van der Waals surface area contributed by atoms with E-state index in [1.807, 2.05) is 0 Å². The van der Waals surface area contributed by atoms with E-state index in [1.54, 1.807) is 0 Å². The van der Waals surface area contributed by atoms with Crippen LogP contribution in [0.15, 0.2) is 36.4 Å².